The van der Waals surface area contributed by atoms with Crippen molar-refractivity contribution in [3.8, 4) is 0 Å². The van der Waals surface area contributed by atoms with E-state index in [1.807, 2.05) is 48.0 Å². The first kappa shape index (κ1) is 18.8. The highest BCUT2D eigenvalue weighted by atomic mass is 32.1. The van der Waals surface area contributed by atoms with Crippen LogP contribution in [0.15, 0.2) is 66.4 Å². The molecule has 144 valence electrons. The van der Waals surface area contributed by atoms with Gasteiger partial charge >= 0.3 is 0 Å². The molecular formula is C22H24N4OS. The van der Waals surface area contributed by atoms with Gasteiger partial charge in [-0.3, -0.25) is 19.7 Å². The first-order chi connectivity index (χ1) is 13.8. The first-order valence-electron chi connectivity index (χ1n) is 9.66. The van der Waals surface area contributed by atoms with E-state index >= 15 is 0 Å². The van der Waals surface area contributed by atoms with Crippen LogP contribution in [-0.4, -0.2) is 33.9 Å². The lowest BCUT2D eigenvalue weighted by Gasteiger charge is -2.37. The molecule has 0 bridgehead atoms. The number of piperidine rings is 1. The molecule has 2 atom stereocenters. The lowest BCUT2D eigenvalue weighted by Crippen LogP contribution is -2.43. The van der Waals surface area contributed by atoms with Crippen LogP contribution in [0.2, 0.25) is 0 Å². The number of aromatic nitrogens is 2. The van der Waals surface area contributed by atoms with E-state index in [0.29, 0.717) is 5.92 Å². The van der Waals surface area contributed by atoms with Crippen LogP contribution in [0.25, 0.3) is 0 Å². The standard InChI is InChI=1S/C22H24N4OS/c27-22(20-9-5-13-28-20)25-21(19-8-1-2-11-24-19)18-7-4-12-26(16-18)15-17-6-3-10-23-14-17/h1-3,5-6,8-11,13-14,18,21H,4,7,12,15-16H2,(H,25,27)/t18-,21-/m0/s1. The van der Waals surface area contributed by atoms with Gasteiger partial charge in [0, 0.05) is 31.7 Å². The van der Waals surface area contributed by atoms with Crippen molar-refractivity contribution in [2.24, 2.45) is 5.92 Å². The number of carbonyl (C=O) groups excluding carboxylic acids is 1. The summed E-state index contributed by atoms with van der Waals surface area (Å²) in [6, 6.07) is 13.7. The summed E-state index contributed by atoms with van der Waals surface area (Å²) in [5.74, 6) is 0.305. The predicted molar refractivity (Wildman–Crippen MR) is 111 cm³/mol. The van der Waals surface area contributed by atoms with Gasteiger partial charge in [-0.05, 0) is 60.5 Å². The van der Waals surface area contributed by atoms with Crippen LogP contribution in [0.5, 0.6) is 0 Å². The van der Waals surface area contributed by atoms with E-state index in [-0.39, 0.29) is 11.9 Å². The zero-order valence-electron chi connectivity index (χ0n) is 15.7. The topological polar surface area (TPSA) is 58.1 Å². The highest BCUT2D eigenvalue weighted by Crippen LogP contribution is 2.30. The summed E-state index contributed by atoms with van der Waals surface area (Å²) in [7, 11) is 0. The van der Waals surface area contributed by atoms with Crippen LogP contribution >= 0.6 is 11.3 Å². The summed E-state index contributed by atoms with van der Waals surface area (Å²) in [5, 5.41) is 5.19. The molecule has 1 N–H and O–H groups in total. The van der Waals surface area contributed by atoms with Gasteiger partial charge in [0.25, 0.3) is 5.91 Å². The third-order valence-electron chi connectivity index (χ3n) is 5.18. The summed E-state index contributed by atoms with van der Waals surface area (Å²) in [6.07, 6.45) is 7.73. The van der Waals surface area contributed by atoms with Gasteiger partial charge in [0.05, 0.1) is 16.6 Å². The van der Waals surface area contributed by atoms with E-state index in [9.17, 15) is 4.79 Å². The number of thiophene rings is 1. The zero-order chi connectivity index (χ0) is 19.2. The normalized spacial score (nSPS) is 18.5. The molecule has 1 amide bonds. The molecular weight excluding hydrogens is 368 g/mol. The van der Waals surface area contributed by atoms with Gasteiger partial charge in [-0.15, -0.1) is 11.3 Å². The molecule has 1 aliphatic rings. The predicted octanol–water partition coefficient (Wildman–Crippen LogP) is 3.92. The zero-order valence-corrected chi connectivity index (χ0v) is 16.5. The molecule has 1 fully saturated rings. The van der Waals surface area contributed by atoms with Crippen LogP contribution in [-0.2, 0) is 6.54 Å². The van der Waals surface area contributed by atoms with Crippen LogP contribution < -0.4 is 5.32 Å². The largest absolute Gasteiger partial charge is 0.343 e. The molecule has 1 saturated heterocycles. The number of nitrogens with one attached hydrogen (secondary N) is 1. The maximum atomic E-state index is 12.8. The van der Waals surface area contributed by atoms with E-state index < -0.39 is 0 Å². The number of amides is 1. The van der Waals surface area contributed by atoms with E-state index in [0.717, 1.165) is 43.0 Å². The highest BCUT2D eigenvalue weighted by molar-refractivity contribution is 7.12. The summed E-state index contributed by atoms with van der Waals surface area (Å²) in [6.45, 7) is 2.89. The van der Waals surface area contributed by atoms with Gasteiger partial charge in [-0.1, -0.05) is 18.2 Å². The van der Waals surface area contributed by atoms with Crippen LogP contribution in [0, 0.1) is 5.92 Å². The Balaban J connectivity index is 1.51. The second-order valence-corrected chi connectivity index (χ2v) is 8.13. The first-order valence-corrected chi connectivity index (χ1v) is 10.5. The molecule has 0 aliphatic carbocycles. The fourth-order valence-corrected chi connectivity index (χ4v) is 4.50. The number of likely N-dealkylation sites (tertiary alicyclic amines) is 1. The Kier molecular flexibility index (Phi) is 6.09. The van der Waals surface area contributed by atoms with E-state index in [2.05, 4.69) is 26.3 Å². The van der Waals surface area contributed by atoms with Crippen molar-refractivity contribution in [3.05, 3.63) is 82.6 Å². The number of nitrogens with zero attached hydrogens (tertiary/aromatic N) is 3. The van der Waals surface area contributed by atoms with Crippen molar-refractivity contribution in [3.63, 3.8) is 0 Å². The van der Waals surface area contributed by atoms with Gasteiger partial charge in [0.15, 0.2) is 0 Å². The maximum absolute atomic E-state index is 12.8. The molecule has 0 unspecified atom stereocenters. The van der Waals surface area contributed by atoms with Crippen molar-refractivity contribution in [1.29, 1.82) is 0 Å². The number of pyridine rings is 2. The van der Waals surface area contributed by atoms with Crippen LogP contribution in [0.1, 0.15) is 39.8 Å². The number of carbonyl (C=O) groups is 1. The van der Waals surface area contributed by atoms with Crippen molar-refractivity contribution in [1.82, 2.24) is 20.2 Å². The molecule has 3 aromatic heterocycles. The second kappa shape index (κ2) is 9.08. The minimum absolute atomic E-state index is 0.0185. The smallest absolute Gasteiger partial charge is 0.261 e. The Morgan fingerprint density at radius 3 is 2.93 bits per heavy atom. The van der Waals surface area contributed by atoms with Gasteiger partial charge in [0.1, 0.15) is 0 Å². The molecule has 4 rings (SSSR count). The number of rotatable bonds is 6. The minimum Gasteiger partial charge on any atom is -0.343 e. The van der Waals surface area contributed by atoms with Gasteiger partial charge in [-0.25, -0.2) is 0 Å². The van der Waals surface area contributed by atoms with Crippen molar-refractivity contribution in [2.75, 3.05) is 13.1 Å². The maximum Gasteiger partial charge on any atom is 0.261 e. The molecule has 0 spiro atoms. The molecule has 0 aromatic carbocycles. The molecule has 6 heteroatoms. The molecule has 3 aromatic rings. The molecule has 4 heterocycles. The third kappa shape index (κ3) is 4.64. The van der Waals surface area contributed by atoms with Gasteiger partial charge in [0.2, 0.25) is 0 Å². The molecule has 1 aliphatic heterocycles. The molecule has 28 heavy (non-hydrogen) atoms. The average molecular weight is 393 g/mol. The molecule has 0 radical (unpaired) electrons. The van der Waals surface area contributed by atoms with E-state index in [1.54, 1.807) is 12.4 Å². The van der Waals surface area contributed by atoms with Crippen molar-refractivity contribution >= 4 is 17.2 Å². The summed E-state index contributed by atoms with van der Waals surface area (Å²) in [5.41, 5.74) is 2.15. The fourth-order valence-electron chi connectivity index (χ4n) is 3.87. The Morgan fingerprint density at radius 2 is 2.18 bits per heavy atom. The second-order valence-electron chi connectivity index (χ2n) is 7.18. The van der Waals surface area contributed by atoms with Crippen LogP contribution in [0.4, 0.5) is 0 Å². The van der Waals surface area contributed by atoms with E-state index in [4.69, 9.17) is 0 Å². The minimum atomic E-state index is -0.0903. The van der Waals surface area contributed by atoms with Crippen LogP contribution in [0.3, 0.4) is 0 Å². The molecule has 0 saturated carbocycles. The Hall–Kier alpha value is -2.57. The summed E-state index contributed by atoms with van der Waals surface area (Å²) in [4.78, 5) is 24.7. The van der Waals surface area contributed by atoms with Crippen molar-refractivity contribution in [2.45, 2.75) is 25.4 Å². The lowest BCUT2D eigenvalue weighted by molar-refractivity contribution is 0.0879. The van der Waals surface area contributed by atoms with E-state index in [1.165, 1.54) is 16.9 Å². The van der Waals surface area contributed by atoms with Crippen molar-refractivity contribution < 1.29 is 4.79 Å². The third-order valence-corrected chi connectivity index (χ3v) is 6.05. The average Bonchev–Trinajstić information content (AvgIpc) is 3.29. The van der Waals surface area contributed by atoms with Gasteiger partial charge < -0.3 is 5.32 Å². The molecule has 5 nitrogen and oxygen atoms in total. The Morgan fingerprint density at radius 1 is 1.21 bits per heavy atom. The summed E-state index contributed by atoms with van der Waals surface area (Å²) >= 11 is 1.47. The summed E-state index contributed by atoms with van der Waals surface area (Å²) < 4.78 is 0. The van der Waals surface area contributed by atoms with Gasteiger partial charge in [-0.2, -0.15) is 0 Å². The Bertz CT molecular complexity index is 870. The number of hydrogen-bond acceptors (Lipinski definition) is 5. The SMILES string of the molecule is O=C(N[C@H](c1ccccn1)[C@H]1CCCN(Cc2cccnc2)C1)c1cccs1. The Labute approximate surface area is 169 Å². The number of hydrogen-bond donors (Lipinski definition) is 1. The monoisotopic (exact) mass is 392 g/mol. The highest BCUT2D eigenvalue weighted by Gasteiger charge is 2.30. The quantitative estimate of drug-likeness (QED) is 0.691. The lowest BCUT2D eigenvalue weighted by atomic mass is 9.88. The fraction of sp³-hybridized carbons (Fsp3) is 0.318.